The molecular weight excluding hydrogens is 524 g/mol. The third-order valence-electron chi connectivity index (χ3n) is 4.59. The van der Waals surface area contributed by atoms with E-state index in [-0.39, 0.29) is 13.0 Å². The lowest BCUT2D eigenvalue weighted by Gasteiger charge is -2.43. The number of aromatic nitrogens is 2. The summed E-state index contributed by atoms with van der Waals surface area (Å²) in [4.78, 5) is 22.4. The van der Waals surface area contributed by atoms with Gasteiger partial charge in [-0.15, -0.1) is 0 Å². The highest BCUT2D eigenvalue weighted by molar-refractivity contribution is 14.1. The van der Waals surface area contributed by atoms with Crippen LogP contribution < -0.4 is 5.32 Å². The highest BCUT2D eigenvalue weighted by Gasteiger charge is 2.46. The number of likely N-dealkylation sites (tertiary alicyclic amines) is 1. The summed E-state index contributed by atoms with van der Waals surface area (Å²) in [6.45, 7) is 1.31. The van der Waals surface area contributed by atoms with E-state index in [1.165, 1.54) is 23.4 Å². The number of alkyl halides is 2. The minimum Gasteiger partial charge on any atom is -0.352 e. The average Bonchev–Trinajstić information content (AvgIpc) is 2.62. The Balaban J connectivity index is 1.85. The van der Waals surface area contributed by atoms with Crippen molar-refractivity contribution in [3.8, 4) is 0 Å². The second-order valence-corrected chi connectivity index (χ2v) is 8.80. The Kier molecular flexibility index (Phi) is 6.61. The predicted octanol–water partition coefficient (Wildman–Crippen LogP) is 4.99. The van der Waals surface area contributed by atoms with Crippen LogP contribution in [0.5, 0.6) is 0 Å². The fourth-order valence-electron chi connectivity index (χ4n) is 3.29. The van der Waals surface area contributed by atoms with E-state index in [0.29, 0.717) is 25.1 Å². The number of nitrogens with zero attached hydrogens (tertiary/aromatic N) is 3. The summed E-state index contributed by atoms with van der Waals surface area (Å²) in [5.74, 6) is -3.53. The molecule has 28 heavy (non-hydrogen) atoms. The van der Waals surface area contributed by atoms with Gasteiger partial charge in [0.05, 0.1) is 35.6 Å². The van der Waals surface area contributed by atoms with Crippen LogP contribution in [0, 0.1) is 9.49 Å². The van der Waals surface area contributed by atoms with Crippen LogP contribution in [0.1, 0.15) is 23.7 Å². The lowest BCUT2D eigenvalue weighted by atomic mass is 9.88. The number of rotatable bonds is 4. The zero-order chi connectivity index (χ0) is 20.5. The molecule has 2 heterocycles. The van der Waals surface area contributed by atoms with Gasteiger partial charge in [0.15, 0.2) is 0 Å². The minimum absolute atomic E-state index is 0.238. The molecule has 10 heteroatoms. The summed E-state index contributed by atoms with van der Waals surface area (Å²) >= 11 is 13.8. The van der Waals surface area contributed by atoms with E-state index >= 15 is 0 Å². The maximum atomic E-state index is 14.3. The Morgan fingerprint density at radius 1 is 1.32 bits per heavy atom. The molecule has 0 aliphatic carbocycles. The molecule has 1 aromatic carbocycles. The second-order valence-electron chi connectivity index (χ2n) is 6.77. The number of carbonyl (C=O) groups is 1. The van der Waals surface area contributed by atoms with Gasteiger partial charge in [-0.1, -0.05) is 30.1 Å². The smallest absolute Gasteiger partial charge is 0.265 e. The van der Waals surface area contributed by atoms with E-state index in [1.807, 2.05) is 22.6 Å². The third kappa shape index (κ3) is 5.01. The molecule has 2 atom stereocenters. The summed E-state index contributed by atoms with van der Waals surface area (Å²) in [6.07, 6.45) is 2.58. The number of amides is 1. The second kappa shape index (κ2) is 8.62. The molecule has 1 saturated heterocycles. The summed E-state index contributed by atoms with van der Waals surface area (Å²) in [6, 6.07) is 4.40. The maximum absolute atomic E-state index is 14.3. The summed E-state index contributed by atoms with van der Waals surface area (Å²) < 4.78 is 29.2. The van der Waals surface area contributed by atoms with Gasteiger partial charge < -0.3 is 10.2 Å². The van der Waals surface area contributed by atoms with Gasteiger partial charge in [0.1, 0.15) is 0 Å². The topological polar surface area (TPSA) is 58.1 Å². The standard InChI is InChI=1S/C18H17Cl2F2IN4O/c1-10-5-18(21,22)9-27(16(28)13-4-11(19)2-3-14(13)23)15(10)8-26-17-24-6-12(20)7-25-17/h2-4,6-7,10,15H,5,8-9H2,1H3,(H,24,25,26)/t10-,15-/m1/s1. The molecule has 1 aromatic heterocycles. The Morgan fingerprint density at radius 3 is 2.68 bits per heavy atom. The SMILES string of the molecule is C[C@@H]1CC(F)(F)CN(C(=O)c2cc(Cl)ccc2I)[C@@H]1CNc1ncc(Cl)cn1. The first kappa shape index (κ1) is 21.4. The molecule has 0 radical (unpaired) electrons. The molecule has 3 rings (SSSR count). The van der Waals surface area contributed by atoms with E-state index < -0.39 is 30.3 Å². The first-order valence-corrected chi connectivity index (χ1v) is 10.3. The van der Waals surface area contributed by atoms with Crippen LogP contribution >= 0.6 is 45.8 Å². The van der Waals surface area contributed by atoms with Gasteiger partial charge in [-0.2, -0.15) is 0 Å². The molecule has 1 N–H and O–H groups in total. The number of hydrogen-bond donors (Lipinski definition) is 1. The normalized spacial score (nSPS) is 21.4. The first-order chi connectivity index (χ1) is 13.2. The van der Waals surface area contributed by atoms with Crippen LogP contribution in [-0.4, -0.2) is 45.8 Å². The Morgan fingerprint density at radius 2 is 2.00 bits per heavy atom. The molecule has 2 aromatic rings. The Hall–Kier alpha value is -1.26. The largest absolute Gasteiger partial charge is 0.352 e. The zero-order valence-electron chi connectivity index (χ0n) is 14.8. The van der Waals surface area contributed by atoms with Crippen molar-refractivity contribution < 1.29 is 13.6 Å². The van der Waals surface area contributed by atoms with Gasteiger partial charge in [-0.3, -0.25) is 4.79 Å². The molecule has 0 bridgehead atoms. The van der Waals surface area contributed by atoms with E-state index in [2.05, 4.69) is 15.3 Å². The predicted molar refractivity (Wildman–Crippen MR) is 113 cm³/mol. The van der Waals surface area contributed by atoms with Crippen molar-refractivity contribution in [2.45, 2.75) is 25.3 Å². The first-order valence-electron chi connectivity index (χ1n) is 8.51. The van der Waals surface area contributed by atoms with Crippen LogP contribution in [0.4, 0.5) is 14.7 Å². The quantitative estimate of drug-likeness (QED) is 0.555. The molecule has 1 amide bonds. The van der Waals surface area contributed by atoms with E-state index in [1.54, 1.807) is 19.1 Å². The van der Waals surface area contributed by atoms with Gasteiger partial charge in [-0.25, -0.2) is 18.7 Å². The number of carbonyl (C=O) groups excluding carboxylic acids is 1. The molecule has 1 aliphatic heterocycles. The Bertz CT molecular complexity index is 869. The lowest BCUT2D eigenvalue weighted by molar-refractivity contribution is -0.0898. The number of anilines is 1. The summed E-state index contributed by atoms with van der Waals surface area (Å²) in [5, 5.41) is 3.79. The van der Waals surface area contributed by atoms with Gasteiger partial charge in [0, 0.05) is 21.6 Å². The minimum atomic E-state index is -2.95. The molecular formula is C18H17Cl2F2IN4O. The van der Waals surface area contributed by atoms with Crippen molar-refractivity contribution in [1.29, 1.82) is 0 Å². The van der Waals surface area contributed by atoms with Gasteiger partial charge >= 0.3 is 0 Å². The van der Waals surface area contributed by atoms with Crippen molar-refractivity contribution in [2.75, 3.05) is 18.4 Å². The van der Waals surface area contributed by atoms with E-state index in [0.717, 1.165) is 0 Å². The fraction of sp³-hybridized carbons (Fsp3) is 0.389. The van der Waals surface area contributed by atoms with E-state index in [9.17, 15) is 13.6 Å². The van der Waals surface area contributed by atoms with Crippen LogP contribution in [0.2, 0.25) is 10.0 Å². The molecule has 5 nitrogen and oxygen atoms in total. The monoisotopic (exact) mass is 540 g/mol. The number of benzene rings is 1. The van der Waals surface area contributed by atoms with Crippen molar-refractivity contribution in [3.05, 3.63) is 49.8 Å². The third-order valence-corrected chi connectivity index (χ3v) is 5.96. The van der Waals surface area contributed by atoms with Crippen LogP contribution in [0.25, 0.3) is 0 Å². The van der Waals surface area contributed by atoms with Crippen molar-refractivity contribution in [2.24, 2.45) is 5.92 Å². The zero-order valence-corrected chi connectivity index (χ0v) is 18.5. The van der Waals surface area contributed by atoms with Gasteiger partial charge in [0.25, 0.3) is 11.8 Å². The Labute approximate surface area is 185 Å². The maximum Gasteiger partial charge on any atom is 0.265 e. The number of piperidine rings is 1. The van der Waals surface area contributed by atoms with Crippen LogP contribution in [0.15, 0.2) is 30.6 Å². The molecule has 0 spiro atoms. The van der Waals surface area contributed by atoms with Crippen LogP contribution in [0.3, 0.4) is 0 Å². The molecule has 0 unspecified atom stereocenters. The molecule has 0 saturated carbocycles. The van der Waals surface area contributed by atoms with Crippen molar-refractivity contribution >= 4 is 57.6 Å². The number of halogens is 5. The highest BCUT2D eigenvalue weighted by atomic mass is 127. The summed E-state index contributed by atoms with van der Waals surface area (Å²) in [5.41, 5.74) is 0.311. The van der Waals surface area contributed by atoms with Gasteiger partial charge in [-0.05, 0) is 46.7 Å². The number of hydrogen-bond acceptors (Lipinski definition) is 4. The summed E-state index contributed by atoms with van der Waals surface area (Å²) in [7, 11) is 0. The van der Waals surface area contributed by atoms with Crippen molar-refractivity contribution in [1.82, 2.24) is 14.9 Å². The average molecular weight is 541 g/mol. The fourth-order valence-corrected chi connectivity index (χ4v) is 4.13. The molecule has 150 valence electrons. The molecule has 1 fully saturated rings. The van der Waals surface area contributed by atoms with E-state index in [4.69, 9.17) is 23.2 Å². The highest BCUT2D eigenvalue weighted by Crippen LogP contribution is 2.35. The number of nitrogens with one attached hydrogen (secondary N) is 1. The lowest BCUT2D eigenvalue weighted by Crippen LogP contribution is -2.57. The van der Waals surface area contributed by atoms with Crippen molar-refractivity contribution in [3.63, 3.8) is 0 Å². The molecule has 1 aliphatic rings. The van der Waals surface area contributed by atoms with Gasteiger partial charge in [0.2, 0.25) is 5.95 Å². The van der Waals surface area contributed by atoms with Crippen LogP contribution in [-0.2, 0) is 0 Å².